The fourth-order valence-electron chi connectivity index (χ4n) is 6.00. The SMILES string of the molecule is CN(C)C(=O)N1CCN(Cc2ccc(CC(=O)NCCOC(=O)N(c3ccccc3-c3ccccc3)N3CCCCC3)cc2)CC1. The number of piperazine rings is 1. The Morgan fingerprint density at radius 1 is 0.761 bits per heavy atom. The van der Waals surface area contributed by atoms with E-state index in [-0.39, 0.29) is 31.5 Å². The highest BCUT2D eigenvalue weighted by molar-refractivity contribution is 5.93. The Kier molecular flexibility index (Phi) is 11.6. The zero-order valence-electron chi connectivity index (χ0n) is 27.1. The van der Waals surface area contributed by atoms with E-state index < -0.39 is 6.09 Å². The van der Waals surface area contributed by atoms with Gasteiger partial charge in [-0.05, 0) is 35.6 Å². The van der Waals surface area contributed by atoms with Crippen molar-refractivity contribution >= 4 is 23.7 Å². The van der Waals surface area contributed by atoms with Crippen LogP contribution in [0.25, 0.3) is 11.1 Å². The number of benzene rings is 3. The van der Waals surface area contributed by atoms with Gasteiger partial charge >= 0.3 is 12.1 Å². The number of para-hydroxylation sites is 1. The molecule has 0 aromatic heterocycles. The maximum absolute atomic E-state index is 13.5. The van der Waals surface area contributed by atoms with Crippen LogP contribution in [0.5, 0.6) is 0 Å². The summed E-state index contributed by atoms with van der Waals surface area (Å²) in [5, 5.41) is 6.64. The first-order chi connectivity index (χ1) is 22.4. The molecular weight excluding hydrogens is 580 g/mol. The molecule has 2 aliphatic heterocycles. The summed E-state index contributed by atoms with van der Waals surface area (Å²) in [5.74, 6) is -0.118. The molecule has 0 aliphatic carbocycles. The number of rotatable bonds is 10. The molecule has 1 N–H and O–H groups in total. The molecule has 2 aliphatic rings. The fraction of sp³-hybridized carbons (Fsp3) is 0.417. The summed E-state index contributed by atoms with van der Waals surface area (Å²) in [6, 6.07) is 26.1. The zero-order valence-corrected chi connectivity index (χ0v) is 27.1. The summed E-state index contributed by atoms with van der Waals surface area (Å²) >= 11 is 0. The number of urea groups is 1. The monoisotopic (exact) mass is 626 g/mol. The van der Waals surface area contributed by atoms with Gasteiger partial charge in [0.25, 0.3) is 0 Å². The lowest BCUT2D eigenvalue weighted by Crippen LogP contribution is -2.51. The van der Waals surface area contributed by atoms with Crippen molar-refractivity contribution in [2.24, 2.45) is 0 Å². The van der Waals surface area contributed by atoms with Crippen molar-refractivity contribution in [1.82, 2.24) is 25.0 Å². The first-order valence-electron chi connectivity index (χ1n) is 16.3. The number of carbonyl (C=O) groups excluding carboxylic acids is 3. The Morgan fingerprint density at radius 2 is 1.41 bits per heavy atom. The van der Waals surface area contributed by atoms with Crippen LogP contribution >= 0.6 is 0 Å². The third-order valence-electron chi connectivity index (χ3n) is 8.47. The average molecular weight is 627 g/mol. The number of ether oxygens (including phenoxy) is 1. The van der Waals surface area contributed by atoms with E-state index in [9.17, 15) is 14.4 Å². The minimum absolute atomic E-state index is 0.0597. The van der Waals surface area contributed by atoms with E-state index in [1.807, 2.05) is 71.6 Å². The lowest BCUT2D eigenvalue weighted by atomic mass is 10.0. The highest BCUT2D eigenvalue weighted by atomic mass is 16.6. The number of hydrogen-bond donors (Lipinski definition) is 1. The number of amides is 4. The predicted molar refractivity (Wildman–Crippen MR) is 180 cm³/mol. The normalized spacial score (nSPS) is 15.7. The Bertz CT molecular complexity index is 1430. The molecule has 3 aromatic carbocycles. The largest absolute Gasteiger partial charge is 0.446 e. The molecule has 0 atom stereocenters. The highest BCUT2D eigenvalue weighted by Gasteiger charge is 2.28. The molecule has 244 valence electrons. The Morgan fingerprint density at radius 3 is 2.11 bits per heavy atom. The van der Waals surface area contributed by atoms with Crippen LogP contribution in [-0.2, 0) is 22.5 Å². The second-order valence-corrected chi connectivity index (χ2v) is 12.1. The summed E-state index contributed by atoms with van der Waals surface area (Å²) < 4.78 is 5.72. The smallest absolute Gasteiger partial charge is 0.429 e. The molecule has 46 heavy (non-hydrogen) atoms. The number of hydrazine groups is 1. The summed E-state index contributed by atoms with van der Waals surface area (Å²) in [5.41, 5.74) is 4.88. The summed E-state index contributed by atoms with van der Waals surface area (Å²) in [4.78, 5) is 44.2. The summed E-state index contributed by atoms with van der Waals surface area (Å²) in [6.07, 6.45) is 2.99. The number of nitrogens with one attached hydrogen (secondary N) is 1. The minimum Gasteiger partial charge on any atom is -0.446 e. The molecule has 10 nitrogen and oxygen atoms in total. The molecule has 2 fully saturated rings. The molecule has 4 amide bonds. The van der Waals surface area contributed by atoms with Gasteiger partial charge in [-0.15, -0.1) is 0 Å². The van der Waals surface area contributed by atoms with E-state index in [0.717, 1.165) is 87.5 Å². The van der Waals surface area contributed by atoms with Crippen LogP contribution in [0.3, 0.4) is 0 Å². The van der Waals surface area contributed by atoms with Gasteiger partial charge in [-0.1, -0.05) is 79.2 Å². The van der Waals surface area contributed by atoms with Gasteiger partial charge in [-0.2, -0.15) is 0 Å². The van der Waals surface area contributed by atoms with Crippen LogP contribution in [-0.4, -0.2) is 104 Å². The third kappa shape index (κ3) is 8.86. The molecule has 0 radical (unpaired) electrons. The van der Waals surface area contributed by atoms with E-state index in [2.05, 4.69) is 27.4 Å². The van der Waals surface area contributed by atoms with Crippen LogP contribution in [0.2, 0.25) is 0 Å². The number of nitrogens with zero attached hydrogens (tertiary/aromatic N) is 5. The second kappa shape index (κ2) is 16.2. The van der Waals surface area contributed by atoms with Gasteiger partial charge in [0.05, 0.1) is 18.7 Å². The van der Waals surface area contributed by atoms with E-state index >= 15 is 0 Å². The Hall–Kier alpha value is -4.41. The maximum Gasteiger partial charge on any atom is 0.429 e. The molecule has 0 unspecified atom stereocenters. The van der Waals surface area contributed by atoms with E-state index in [0.29, 0.717) is 0 Å². The van der Waals surface area contributed by atoms with Crippen molar-refractivity contribution in [2.45, 2.75) is 32.2 Å². The lowest BCUT2D eigenvalue weighted by molar-refractivity contribution is -0.120. The zero-order chi connectivity index (χ0) is 32.3. The standard InChI is InChI=1S/C36H46N6O4/c1-38(2)35(44)40-24-22-39(23-25-40)28-30-17-15-29(16-18-30)27-34(43)37-19-26-46-36(45)42(41-20-9-4-10-21-41)33-14-8-7-13-32(33)31-11-5-3-6-12-31/h3,5-8,11-18H,4,9-10,19-28H2,1-2H3,(H,37,43). The van der Waals surface area contributed by atoms with Crippen molar-refractivity contribution in [1.29, 1.82) is 0 Å². The van der Waals surface area contributed by atoms with Gasteiger partial charge in [0.15, 0.2) is 0 Å². The van der Waals surface area contributed by atoms with E-state index in [1.54, 1.807) is 24.0 Å². The van der Waals surface area contributed by atoms with Gasteiger partial charge in [-0.25, -0.2) is 19.6 Å². The first kappa shape index (κ1) is 33.0. The van der Waals surface area contributed by atoms with Gasteiger partial charge < -0.3 is 19.9 Å². The van der Waals surface area contributed by atoms with E-state index in [4.69, 9.17) is 4.74 Å². The molecule has 3 aromatic rings. The molecule has 2 saturated heterocycles. The highest BCUT2D eigenvalue weighted by Crippen LogP contribution is 2.33. The van der Waals surface area contributed by atoms with Crippen molar-refractivity contribution in [3.63, 3.8) is 0 Å². The first-order valence-corrected chi connectivity index (χ1v) is 16.3. The number of carbonyl (C=O) groups is 3. The number of piperidine rings is 1. The van der Waals surface area contributed by atoms with Gasteiger partial charge in [0, 0.05) is 65.5 Å². The molecule has 0 saturated carbocycles. The topological polar surface area (TPSA) is 88.7 Å². The van der Waals surface area contributed by atoms with Crippen LogP contribution < -0.4 is 10.3 Å². The average Bonchev–Trinajstić information content (AvgIpc) is 3.09. The van der Waals surface area contributed by atoms with Gasteiger partial charge in [0.1, 0.15) is 6.61 Å². The van der Waals surface area contributed by atoms with Crippen molar-refractivity contribution in [2.75, 3.05) is 71.5 Å². The van der Waals surface area contributed by atoms with Crippen molar-refractivity contribution < 1.29 is 19.1 Å². The third-order valence-corrected chi connectivity index (χ3v) is 8.47. The van der Waals surface area contributed by atoms with Gasteiger partial charge in [-0.3, -0.25) is 9.69 Å². The Labute approximate surface area is 272 Å². The molecule has 0 spiro atoms. The second-order valence-electron chi connectivity index (χ2n) is 12.1. The quantitative estimate of drug-likeness (QED) is 0.324. The van der Waals surface area contributed by atoms with Crippen molar-refractivity contribution in [3.05, 3.63) is 90.0 Å². The van der Waals surface area contributed by atoms with E-state index in [1.165, 1.54) is 5.56 Å². The molecular formula is C36H46N6O4. The molecule has 10 heteroatoms. The summed E-state index contributed by atoms with van der Waals surface area (Å²) in [6.45, 7) is 5.81. The summed E-state index contributed by atoms with van der Waals surface area (Å²) in [7, 11) is 3.56. The number of hydrogen-bond acceptors (Lipinski definition) is 6. The van der Waals surface area contributed by atoms with Crippen LogP contribution in [0.15, 0.2) is 78.9 Å². The van der Waals surface area contributed by atoms with Crippen molar-refractivity contribution in [3.8, 4) is 11.1 Å². The molecule has 0 bridgehead atoms. The Balaban J connectivity index is 1.09. The minimum atomic E-state index is -0.444. The van der Waals surface area contributed by atoms with Crippen LogP contribution in [0.1, 0.15) is 30.4 Å². The fourth-order valence-corrected chi connectivity index (χ4v) is 6.00. The van der Waals surface area contributed by atoms with Crippen LogP contribution in [0, 0.1) is 0 Å². The maximum atomic E-state index is 13.5. The van der Waals surface area contributed by atoms with Crippen LogP contribution in [0.4, 0.5) is 15.3 Å². The number of anilines is 1. The molecule has 2 heterocycles. The predicted octanol–water partition coefficient (Wildman–Crippen LogP) is 4.86. The lowest BCUT2D eigenvalue weighted by Gasteiger charge is -2.37. The molecule has 5 rings (SSSR count). The van der Waals surface area contributed by atoms with Gasteiger partial charge in [0.2, 0.25) is 5.91 Å².